The zero-order valence-corrected chi connectivity index (χ0v) is 19.1. The van der Waals surface area contributed by atoms with Crippen molar-refractivity contribution in [1.29, 1.82) is 5.26 Å². The Hall–Kier alpha value is -3.79. The number of benzene rings is 3. The number of halogens is 2. The first-order valence-corrected chi connectivity index (χ1v) is 10.6. The van der Waals surface area contributed by atoms with Crippen molar-refractivity contribution in [3.63, 3.8) is 0 Å². The second-order valence-corrected chi connectivity index (χ2v) is 7.82. The smallest absolute Gasteiger partial charge is 0.266 e. The molecule has 0 aliphatic carbocycles. The van der Waals surface area contributed by atoms with Gasteiger partial charge >= 0.3 is 0 Å². The fourth-order valence-corrected chi connectivity index (χ4v) is 3.42. The van der Waals surface area contributed by atoms with Crippen molar-refractivity contribution in [3.05, 3.63) is 93.5 Å². The number of rotatable bonds is 7. The van der Waals surface area contributed by atoms with Crippen LogP contribution in [0.15, 0.2) is 72.3 Å². The van der Waals surface area contributed by atoms with E-state index in [1.807, 2.05) is 31.2 Å². The van der Waals surface area contributed by atoms with E-state index in [-0.39, 0.29) is 33.9 Å². The predicted octanol–water partition coefficient (Wildman–Crippen LogP) is 5.87. The number of ether oxygens (including phenoxy) is 1. The summed E-state index contributed by atoms with van der Waals surface area (Å²) >= 11 is 12.6. The van der Waals surface area contributed by atoms with E-state index in [2.05, 4.69) is 10.6 Å². The molecular weight excluding hydrogens is 461 g/mol. The number of nitrogens with zero attached hydrogens (tertiary/aromatic N) is 1. The van der Waals surface area contributed by atoms with Crippen molar-refractivity contribution < 1.29 is 14.3 Å². The number of nitriles is 1. The molecule has 3 rings (SSSR count). The van der Waals surface area contributed by atoms with Crippen LogP contribution in [-0.4, -0.2) is 18.4 Å². The summed E-state index contributed by atoms with van der Waals surface area (Å²) in [6.45, 7) is 1.65. The van der Waals surface area contributed by atoms with Crippen molar-refractivity contribution >= 4 is 52.5 Å². The van der Waals surface area contributed by atoms with Crippen LogP contribution in [-0.2, 0) is 9.59 Å². The van der Waals surface area contributed by atoms with E-state index in [1.165, 1.54) is 18.2 Å². The van der Waals surface area contributed by atoms with Crippen molar-refractivity contribution in [3.8, 4) is 11.8 Å². The molecule has 0 bridgehead atoms. The molecule has 0 radical (unpaired) electrons. The molecule has 0 heterocycles. The number of hydrogen-bond acceptors (Lipinski definition) is 4. The first kappa shape index (κ1) is 23.9. The minimum Gasteiger partial charge on any atom is -0.481 e. The Morgan fingerprint density at radius 3 is 2.18 bits per heavy atom. The van der Waals surface area contributed by atoms with E-state index in [0.717, 1.165) is 5.56 Å². The highest BCUT2D eigenvalue weighted by molar-refractivity contribution is 6.37. The molecule has 0 aromatic heterocycles. The average molecular weight is 480 g/mol. The zero-order valence-electron chi connectivity index (χ0n) is 17.6. The van der Waals surface area contributed by atoms with Crippen LogP contribution in [0.3, 0.4) is 0 Å². The summed E-state index contributed by atoms with van der Waals surface area (Å²) < 4.78 is 5.50. The van der Waals surface area contributed by atoms with Gasteiger partial charge in [-0.3, -0.25) is 9.59 Å². The van der Waals surface area contributed by atoms with Crippen LogP contribution in [0, 0.1) is 18.3 Å². The molecule has 0 fully saturated rings. The van der Waals surface area contributed by atoms with Gasteiger partial charge in [-0.15, -0.1) is 0 Å². The molecule has 0 atom stereocenters. The molecule has 2 N–H and O–H groups in total. The molecule has 0 saturated heterocycles. The number of carbonyl (C=O) groups is 2. The summed E-state index contributed by atoms with van der Waals surface area (Å²) in [7, 11) is 0. The molecule has 166 valence electrons. The van der Waals surface area contributed by atoms with Crippen LogP contribution >= 0.6 is 23.2 Å². The number of anilines is 2. The predicted molar refractivity (Wildman–Crippen MR) is 130 cm³/mol. The maximum atomic E-state index is 12.4. The molecule has 6 nitrogen and oxygen atoms in total. The Balaban J connectivity index is 1.68. The second-order valence-electron chi connectivity index (χ2n) is 7.01. The van der Waals surface area contributed by atoms with Gasteiger partial charge in [-0.1, -0.05) is 59.1 Å². The standard InChI is InChI=1S/C25H19Cl2N3O3/c1-16-7-9-20(10-8-16)29-23(31)15-33-24-21(26)12-17(13-22(24)27)11-18(14-28)25(32)30-19-5-3-2-4-6-19/h2-13H,15H2,1H3,(H,29,31)(H,30,32)/b18-11+. The Morgan fingerprint density at radius 2 is 1.58 bits per heavy atom. The fraction of sp³-hybridized carbons (Fsp3) is 0.0800. The average Bonchev–Trinajstić information content (AvgIpc) is 2.79. The summed E-state index contributed by atoms with van der Waals surface area (Å²) in [4.78, 5) is 24.6. The largest absolute Gasteiger partial charge is 0.481 e. The lowest BCUT2D eigenvalue weighted by Gasteiger charge is -2.11. The van der Waals surface area contributed by atoms with Gasteiger partial charge in [0.15, 0.2) is 12.4 Å². The molecule has 3 aromatic rings. The lowest BCUT2D eigenvalue weighted by Crippen LogP contribution is -2.20. The van der Waals surface area contributed by atoms with Gasteiger partial charge in [0.2, 0.25) is 0 Å². The lowest BCUT2D eigenvalue weighted by molar-refractivity contribution is -0.118. The zero-order chi connectivity index (χ0) is 23.8. The molecule has 0 aliphatic rings. The minimum atomic E-state index is -0.566. The highest BCUT2D eigenvalue weighted by atomic mass is 35.5. The van der Waals surface area contributed by atoms with Gasteiger partial charge in [-0.05, 0) is 55.0 Å². The highest BCUT2D eigenvalue weighted by Crippen LogP contribution is 2.35. The monoisotopic (exact) mass is 479 g/mol. The molecule has 8 heteroatoms. The van der Waals surface area contributed by atoms with E-state index < -0.39 is 5.91 Å². The van der Waals surface area contributed by atoms with Gasteiger partial charge in [0.25, 0.3) is 11.8 Å². The third kappa shape index (κ3) is 6.84. The maximum absolute atomic E-state index is 12.4. The Bertz CT molecular complexity index is 1210. The van der Waals surface area contributed by atoms with Crippen LogP contribution in [0.25, 0.3) is 6.08 Å². The summed E-state index contributed by atoms with van der Waals surface area (Å²) in [6.07, 6.45) is 1.36. The first-order chi connectivity index (χ1) is 15.9. The topological polar surface area (TPSA) is 91.2 Å². The molecule has 0 unspecified atom stereocenters. The molecular formula is C25H19Cl2N3O3. The van der Waals surface area contributed by atoms with Gasteiger partial charge in [-0.25, -0.2) is 0 Å². The fourth-order valence-electron chi connectivity index (χ4n) is 2.81. The molecule has 2 amide bonds. The number of para-hydroxylation sites is 1. The number of carbonyl (C=O) groups excluding carboxylic acids is 2. The SMILES string of the molecule is Cc1ccc(NC(=O)COc2c(Cl)cc(/C=C(\C#N)C(=O)Nc3ccccc3)cc2Cl)cc1. The van der Waals surface area contributed by atoms with E-state index in [0.29, 0.717) is 16.9 Å². The molecule has 33 heavy (non-hydrogen) atoms. The number of aryl methyl sites for hydroxylation is 1. The van der Waals surface area contributed by atoms with Crippen molar-refractivity contribution in [2.45, 2.75) is 6.92 Å². The van der Waals surface area contributed by atoms with Crippen LogP contribution in [0.5, 0.6) is 5.75 Å². The molecule has 0 spiro atoms. The van der Waals surface area contributed by atoms with E-state index in [4.69, 9.17) is 27.9 Å². The number of hydrogen-bond donors (Lipinski definition) is 2. The Morgan fingerprint density at radius 1 is 0.970 bits per heavy atom. The van der Waals surface area contributed by atoms with Crippen LogP contribution in [0.4, 0.5) is 11.4 Å². The van der Waals surface area contributed by atoms with E-state index >= 15 is 0 Å². The third-order valence-electron chi connectivity index (χ3n) is 4.41. The van der Waals surface area contributed by atoms with Crippen molar-refractivity contribution in [2.75, 3.05) is 17.2 Å². The summed E-state index contributed by atoms with van der Waals surface area (Å²) in [5, 5.41) is 15.0. The van der Waals surface area contributed by atoms with Crippen molar-refractivity contribution in [2.24, 2.45) is 0 Å². The maximum Gasteiger partial charge on any atom is 0.266 e. The van der Waals surface area contributed by atoms with Crippen molar-refractivity contribution in [1.82, 2.24) is 0 Å². The van der Waals surface area contributed by atoms with Gasteiger partial charge in [0, 0.05) is 11.4 Å². The van der Waals surface area contributed by atoms with Gasteiger partial charge in [-0.2, -0.15) is 5.26 Å². The second kappa shape index (κ2) is 11.2. The van der Waals surface area contributed by atoms with Crippen LogP contribution < -0.4 is 15.4 Å². The van der Waals surface area contributed by atoms with Crippen LogP contribution in [0.1, 0.15) is 11.1 Å². The molecule has 3 aromatic carbocycles. The summed E-state index contributed by atoms with van der Waals surface area (Å²) in [5.41, 5.74) is 2.59. The van der Waals surface area contributed by atoms with Gasteiger partial charge in [0.05, 0.1) is 10.0 Å². The number of nitrogens with one attached hydrogen (secondary N) is 2. The normalized spacial score (nSPS) is 10.8. The lowest BCUT2D eigenvalue weighted by atomic mass is 10.1. The minimum absolute atomic E-state index is 0.127. The van der Waals surface area contributed by atoms with Gasteiger partial charge in [0.1, 0.15) is 11.6 Å². The summed E-state index contributed by atoms with van der Waals surface area (Å²) in [5.74, 6) is -0.815. The first-order valence-electron chi connectivity index (χ1n) is 9.82. The third-order valence-corrected chi connectivity index (χ3v) is 4.97. The quantitative estimate of drug-likeness (QED) is 0.327. The molecule has 0 saturated carbocycles. The summed E-state index contributed by atoms with van der Waals surface area (Å²) in [6, 6.07) is 21.0. The van der Waals surface area contributed by atoms with Gasteiger partial charge < -0.3 is 15.4 Å². The van der Waals surface area contributed by atoms with Crippen LogP contribution in [0.2, 0.25) is 10.0 Å². The van der Waals surface area contributed by atoms with E-state index in [1.54, 1.807) is 36.4 Å². The Kier molecular flexibility index (Phi) is 8.09. The Labute approximate surface area is 201 Å². The molecule has 0 aliphatic heterocycles. The highest BCUT2D eigenvalue weighted by Gasteiger charge is 2.14. The number of amides is 2. The van der Waals surface area contributed by atoms with E-state index in [9.17, 15) is 14.9 Å².